The first-order valence-electron chi connectivity index (χ1n) is 7.24. The molecule has 1 unspecified atom stereocenters. The second-order valence-electron chi connectivity index (χ2n) is 5.20. The summed E-state index contributed by atoms with van der Waals surface area (Å²) < 4.78 is 16.4. The molecule has 116 valence electrons. The lowest BCUT2D eigenvalue weighted by Crippen LogP contribution is -2.40. The van der Waals surface area contributed by atoms with Crippen LogP contribution in [0, 0.1) is 6.92 Å². The van der Waals surface area contributed by atoms with Crippen LogP contribution in [0.3, 0.4) is 0 Å². The number of nitrogens with zero attached hydrogens (tertiary/aromatic N) is 2. The second-order valence-corrected chi connectivity index (χ2v) is 5.20. The maximum Gasteiger partial charge on any atom is 0.276 e. The Morgan fingerprint density at radius 3 is 2.91 bits per heavy atom. The second kappa shape index (κ2) is 6.62. The quantitative estimate of drug-likeness (QED) is 0.866. The van der Waals surface area contributed by atoms with E-state index in [9.17, 15) is 4.79 Å². The molecule has 0 spiro atoms. The Morgan fingerprint density at radius 2 is 2.18 bits per heavy atom. The molecule has 6 nitrogen and oxygen atoms in total. The molecule has 0 aliphatic carbocycles. The molecule has 0 saturated carbocycles. The van der Waals surface area contributed by atoms with Gasteiger partial charge in [0.1, 0.15) is 17.6 Å². The number of aromatic nitrogens is 1. The molecular formula is C16H18N2O4. The monoisotopic (exact) mass is 302 g/mol. The van der Waals surface area contributed by atoms with Crippen LogP contribution in [0.4, 0.5) is 0 Å². The predicted octanol–water partition coefficient (Wildman–Crippen LogP) is 1.90. The minimum absolute atomic E-state index is 0.163. The number of rotatable bonds is 3. The zero-order valence-electron chi connectivity index (χ0n) is 12.4. The molecule has 6 heteroatoms. The van der Waals surface area contributed by atoms with E-state index in [4.69, 9.17) is 14.0 Å². The third kappa shape index (κ3) is 3.46. The SMILES string of the molecule is Cc1cc(C(=O)N2CCOCC(Oc3ccccc3)C2)no1. The van der Waals surface area contributed by atoms with Gasteiger partial charge in [-0.15, -0.1) is 0 Å². The summed E-state index contributed by atoms with van der Waals surface area (Å²) in [5.74, 6) is 1.22. The number of hydrogen-bond donors (Lipinski definition) is 0. The number of benzene rings is 1. The van der Waals surface area contributed by atoms with Crippen molar-refractivity contribution < 1.29 is 18.8 Å². The molecule has 1 atom stereocenters. The molecule has 1 aromatic heterocycles. The number of aryl methyl sites for hydroxylation is 1. The van der Waals surface area contributed by atoms with Crippen LogP contribution in [0.25, 0.3) is 0 Å². The lowest BCUT2D eigenvalue weighted by Gasteiger charge is -2.23. The van der Waals surface area contributed by atoms with Gasteiger partial charge in [-0.2, -0.15) is 0 Å². The van der Waals surface area contributed by atoms with E-state index in [1.165, 1.54) is 0 Å². The normalized spacial score (nSPS) is 18.8. The molecular weight excluding hydrogens is 284 g/mol. The molecule has 1 aliphatic rings. The number of ether oxygens (including phenoxy) is 2. The summed E-state index contributed by atoms with van der Waals surface area (Å²) in [6.07, 6.45) is -0.207. The third-order valence-electron chi connectivity index (χ3n) is 3.41. The molecule has 2 heterocycles. The third-order valence-corrected chi connectivity index (χ3v) is 3.41. The molecule has 1 amide bonds. The highest BCUT2D eigenvalue weighted by molar-refractivity contribution is 5.92. The minimum atomic E-state index is -0.207. The topological polar surface area (TPSA) is 64.8 Å². The Kier molecular flexibility index (Phi) is 4.39. The fourth-order valence-electron chi connectivity index (χ4n) is 2.36. The average Bonchev–Trinajstić information content (AvgIpc) is 2.83. The fourth-order valence-corrected chi connectivity index (χ4v) is 2.36. The fraction of sp³-hybridized carbons (Fsp3) is 0.375. The molecule has 0 N–H and O–H groups in total. The van der Waals surface area contributed by atoms with Crippen LogP contribution in [0.15, 0.2) is 40.9 Å². The molecule has 1 aliphatic heterocycles. The predicted molar refractivity (Wildman–Crippen MR) is 78.8 cm³/mol. The number of carbonyl (C=O) groups is 1. The molecule has 1 aromatic carbocycles. The largest absolute Gasteiger partial charge is 0.486 e. The summed E-state index contributed by atoms with van der Waals surface area (Å²) in [4.78, 5) is 14.1. The van der Waals surface area contributed by atoms with E-state index in [0.717, 1.165) is 5.75 Å². The van der Waals surface area contributed by atoms with Crippen molar-refractivity contribution in [2.24, 2.45) is 0 Å². The van der Waals surface area contributed by atoms with Gasteiger partial charge in [0.15, 0.2) is 5.69 Å². The van der Waals surface area contributed by atoms with Gasteiger partial charge in [-0.1, -0.05) is 23.4 Å². The standard InChI is InChI=1S/C16H18N2O4/c1-12-9-15(17-22-12)16(19)18-7-8-20-11-14(10-18)21-13-5-3-2-4-6-13/h2-6,9,14H,7-8,10-11H2,1H3. The van der Waals surface area contributed by atoms with E-state index >= 15 is 0 Å². The first-order chi connectivity index (χ1) is 10.7. The summed E-state index contributed by atoms with van der Waals surface area (Å²) in [5.41, 5.74) is 0.317. The van der Waals surface area contributed by atoms with Gasteiger partial charge in [0.25, 0.3) is 5.91 Å². The first kappa shape index (κ1) is 14.6. The van der Waals surface area contributed by atoms with E-state index in [-0.39, 0.29) is 12.0 Å². The van der Waals surface area contributed by atoms with Crippen molar-refractivity contribution in [2.45, 2.75) is 13.0 Å². The van der Waals surface area contributed by atoms with Crippen molar-refractivity contribution in [3.8, 4) is 5.75 Å². The molecule has 0 radical (unpaired) electrons. The summed E-state index contributed by atoms with van der Waals surface area (Å²) in [5, 5.41) is 3.78. The van der Waals surface area contributed by atoms with Crippen LogP contribution in [0.1, 0.15) is 16.2 Å². The van der Waals surface area contributed by atoms with Gasteiger partial charge in [0, 0.05) is 12.6 Å². The number of carbonyl (C=O) groups excluding carboxylic acids is 1. The molecule has 2 aromatic rings. The maximum atomic E-state index is 12.5. The van der Waals surface area contributed by atoms with Crippen LogP contribution in [0.2, 0.25) is 0 Å². The number of amides is 1. The smallest absolute Gasteiger partial charge is 0.276 e. The van der Waals surface area contributed by atoms with Crippen molar-refractivity contribution in [1.29, 1.82) is 0 Å². The van der Waals surface area contributed by atoms with E-state index in [1.807, 2.05) is 30.3 Å². The van der Waals surface area contributed by atoms with Crippen molar-refractivity contribution >= 4 is 5.91 Å². The van der Waals surface area contributed by atoms with Crippen molar-refractivity contribution in [2.75, 3.05) is 26.3 Å². The van der Waals surface area contributed by atoms with E-state index in [2.05, 4.69) is 5.16 Å². The van der Waals surface area contributed by atoms with E-state index in [0.29, 0.717) is 37.8 Å². The summed E-state index contributed by atoms with van der Waals surface area (Å²) >= 11 is 0. The van der Waals surface area contributed by atoms with E-state index in [1.54, 1.807) is 17.9 Å². The molecule has 3 rings (SSSR count). The Morgan fingerprint density at radius 1 is 1.36 bits per heavy atom. The van der Waals surface area contributed by atoms with E-state index < -0.39 is 0 Å². The lowest BCUT2D eigenvalue weighted by molar-refractivity contribution is 0.0646. The summed E-state index contributed by atoms with van der Waals surface area (Å²) in [6, 6.07) is 11.2. The Hall–Kier alpha value is -2.34. The van der Waals surface area contributed by atoms with Crippen LogP contribution in [0.5, 0.6) is 5.75 Å². The van der Waals surface area contributed by atoms with Crippen molar-refractivity contribution in [1.82, 2.24) is 10.1 Å². The van der Waals surface area contributed by atoms with Gasteiger partial charge < -0.3 is 18.9 Å². The molecule has 1 saturated heterocycles. The van der Waals surface area contributed by atoms with Gasteiger partial charge >= 0.3 is 0 Å². The van der Waals surface area contributed by atoms with Crippen molar-refractivity contribution in [3.63, 3.8) is 0 Å². The van der Waals surface area contributed by atoms with Gasteiger partial charge in [0.05, 0.1) is 19.8 Å². The molecule has 0 bridgehead atoms. The number of hydrogen-bond acceptors (Lipinski definition) is 5. The number of para-hydroxylation sites is 1. The van der Waals surface area contributed by atoms with Crippen LogP contribution >= 0.6 is 0 Å². The first-order valence-corrected chi connectivity index (χ1v) is 7.24. The van der Waals surface area contributed by atoms with Crippen molar-refractivity contribution in [3.05, 3.63) is 47.9 Å². The molecule has 22 heavy (non-hydrogen) atoms. The zero-order chi connectivity index (χ0) is 15.4. The van der Waals surface area contributed by atoms with Crippen LogP contribution in [-0.2, 0) is 4.74 Å². The van der Waals surface area contributed by atoms with Gasteiger partial charge in [0.2, 0.25) is 0 Å². The van der Waals surface area contributed by atoms with Gasteiger partial charge in [-0.3, -0.25) is 4.79 Å². The average molecular weight is 302 g/mol. The highest BCUT2D eigenvalue weighted by Crippen LogP contribution is 2.15. The zero-order valence-corrected chi connectivity index (χ0v) is 12.4. The Bertz CT molecular complexity index is 626. The van der Waals surface area contributed by atoms with Crippen LogP contribution in [-0.4, -0.2) is 48.4 Å². The molecule has 1 fully saturated rings. The Balaban J connectivity index is 1.68. The van der Waals surface area contributed by atoms with Crippen LogP contribution < -0.4 is 4.74 Å². The van der Waals surface area contributed by atoms with Gasteiger partial charge in [-0.25, -0.2) is 0 Å². The summed E-state index contributed by atoms with van der Waals surface area (Å²) in [6.45, 7) is 3.67. The highest BCUT2D eigenvalue weighted by atomic mass is 16.5. The maximum absolute atomic E-state index is 12.5. The minimum Gasteiger partial charge on any atom is -0.486 e. The Labute approximate surface area is 128 Å². The lowest BCUT2D eigenvalue weighted by atomic mass is 10.3. The summed E-state index contributed by atoms with van der Waals surface area (Å²) in [7, 11) is 0. The van der Waals surface area contributed by atoms with Gasteiger partial charge in [-0.05, 0) is 19.1 Å². The highest BCUT2D eigenvalue weighted by Gasteiger charge is 2.26.